The van der Waals surface area contributed by atoms with E-state index in [1.165, 1.54) is 4.90 Å². The highest BCUT2D eigenvalue weighted by molar-refractivity contribution is 6.21. The molecule has 1 heterocycles. The van der Waals surface area contributed by atoms with Crippen LogP contribution in [0.5, 0.6) is 0 Å². The summed E-state index contributed by atoms with van der Waals surface area (Å²) in [6, 6.07) is 6.67. The Labute approximate surface area is 130 Å². The number of likely N-dealkylation sites (N-methyl/N-ethyl adjacent to an activating group) is 1. The molecule has 1 N–H and O–H groups in total. The second-order valence-corrected chi connectivity index (χ2v) is 5.06. The van der Waals surface area contributed by atoms with Gasteiger partial charge in [0.15, 0.2) is 0 Å². The van der Waals surface area contributed by atoms with Crippen LogP contribution in [0.25, 0.3) is 0 Å². The highest BCUT2D eigenvalue weighted by Crippen LogP contribution is 2.23. The van der Waals surface area contributed by atoms with Gasteiger partial charge in [-0.05, 0) is 37.8 Å². The van der Waals surface area contributed by atoms with E-state index in [0.29, 0.717) is 16.9 Å². The molecule has 1 aliphatic heterocycles. The molecule has 0 spiro atoms. The Morgan fingerprint density at radius 1 is 1.32 bits per heavy atom. The van der Waals surface area contributed by atoms with Crippen LogP contribution in [0.15, 0.2) is 48.3 Å². The van der Waals surface area contributed by atoms with Crippen LogP contribution in [0, 0.1) is 0 Å². The summed E-state index contributed by atoms with van der Waals surface area (Å²) in [7, 11) is 3.35. The summed E-state index contributed by atoms with van der Waals surface area (Å²) in [5.41, 5.74) is 1.80. The topological polar surface area (TPSA) is 58.6 Å². The molecule has 0 aromatic heterocycles. The van der Waals surface area contributed by atoms with Crippen molar-refractivity contribution in [3.63, 3.8) is 0 Å². The summed E-state index contributed by atoms with van der Waals surface area (Å²) in [5.74, 6) is 0.119. The molecule has 0 radical (unpaired) electrons. The highest BCUT2D eigenvalue weighted by Gasteiger charge is 2.36. The molecule has 22 heavy (non-hydrogen) atoms. The number of imide groups is 1. The van der Waals surface area contributed by atoms with Crippen LogP contribution in [-0.2, 0) is 4.74 Å². The summed E-state index contributed by atoms with van der Waals surface area (Å²) in [4.78, 5) is 26.1. The Balaban J connectivity index is 2.27. The monoisotopic (exact) mass is 300 g/mol. The number of rotatable bonds is 6. The van der Waals surface area contributed by atoms with E-state index < -0.39 is 0 Å². The molecule has 1 aromatic carbocycles. The Morgan fingerprint density at radius 2 is 1.86 bits per heavy atom. The smallest absolute Gasteiger partial charge is 0.261 e. The summed E-state index contributed by atoms with van der Waals surface area (Å²) in [6.45, 7) is 5.84. The van der Waals surface area contributed by atoms with Crippen molar-refractivity contribution in [2.75, 3.05) is 20.7 Å². The van der Waals surface area contributed by atoms with Crippen molar-refractivity contribution in [2.45, 2.75) is 13.0 Å². The number of amides is 2. The fourth-order valence-corrected chi connectivity index (χ4v) is 2.61. The number of benzene rings is 1. The number of fused-ring (bicyclic) bond motifs is 1. The molecule has 2 rings (SSSR count). The zero-order valence-electron chi connectivity index (χ0n) is 13.1. The van der Waals surface area contributed by atoms with Gasteiger partial charge in [0.05, 0.1) is 18.2 Å². The molecule has 0 aliphatic carbocycles. The molecular weight excluding hydrogens is 280 g/mol. The molecule has 1 aliphatic rings. The van der Waals surface area contributed by atoms with Crippen molar-refractivity contribution in [1.29, 1.82) is 0 Å². The van der Waals surface area contributed by atoms with Crippen molar-refractivity contribution in [3.05, 3.63) is 59.4 Å². The van der Waals surface area contributed by atoms with Gasteiger partial charge < -0.3 is 10.1 Å². The molecule has 0 fully saturated rings. The van der Waals surface area contributed by atoms with E-state index in [1.54, 1.807) is 44.5 Å². The average molecular weight is 300 g/mol. The van der Waals surface area contributed by atoms with E-state index in [-0.39, 0.29) is 24.4 Å². The molecule has 5 nitrogen and oxygen atoms in total. The van der Waals surface area contributed by atoms with E-state index in [1.807, 2.05) is 6.92 Å². The second kappa shape index (κ2) is 6.58. The van der Waals surface area contributed by atoms with Gasteiger partial charge in [0, 0.05) is 12.6 Å². The van der Waals surface area contributed by atoms with Crippen LogP contribution in [0.2, 0.25) is 0 Å². The molecule has 0 bridgehead atoms. The third-order valence-electron chi connectivity index (χ3n) is 3.91. The normalized spacial score (nSPS) is 16.2. The van der Waals surface area contributed by atoms with Gasteiger partial charge in [0.2, 0.25) is 0 Å². The first-order chi connectivity index (χ1) is 10.5. The van der Waals surface area contributed by atoms with Crippen molar-refractivity contribution in [2.24, 2.45) is 0 Å². The minimum atomic E-state index is -0.258. The van der Waals surface area contributed by atoms with Crippen molar-refractivity contribution in [3.8, 4) is 0 Å². The quantitative estimate of drug-likeness (QED) is 0.496. The molecule has 0 saturated heterocycles. The summed E-state index contributed by atoms with van der Waals surface area (Å²) in [6.07, 6.45) is 1.61. The first-order valence-corrected chi connectivity index (χ1v) is 7.04. The number of nitrogens with zero attached hydrogens (tertiary/aromatic N) is 1. The van der Waals surface area contributed by atoms with E-state index in [0.717, 1.165) is 5.57 Å². The first kappa shape index (κ1) is 16.0. The third-order valence-corrected chi connectivity index (χ3v) is 3.91. The molecule has 0 saturated carbocycles. The van der Waals surface area contributed by atoms with Gasteiger partial charge in [-0.1, -0.05) is 18.7 Å². The number of ether oxygens (including phenoxy) is 1. The molecule has 1 atom stereocenters. The van der Waals surface area contributed by atoms with Crippen molar-refractivity contribution < 1.29 is 14.3 Å². The molecular formula is C17H20N2O3. The van der Waals surface area contributed by atoms with E-state index in [9.17, 15) is 9.59 Å². The zero-order valence-corrected chi connectivity index (χ0v) is 13.1. The predicted molar refractivity (Wildman–Crippen MR) is 84.6 cm³/mol. The van der Waals surface area contributed by atoms with E-state index in [4.69, 9.17) is 4.74 Å². The van der Waals surface area contributed by atoms with Gasteiger partial charge in [0.25, 0.3) is 11.8 Å². The van der Waals surface area contributed by atoms with Gasteiger partial charge in [-0.25, -0.2) is 0 Å². The highest BCUT2D eigenvalue weighted by atomic mass is 16.5. The lowest BCUT2D eigenvalue weighted by Crippen LogP contribution is -2.43. The second-order valence-electron chi connectivity index (χ2n) is 5.06. The molecule has 0 unspecified atom stereocenters. The Kier molecular flexibility index (Phi) is 4.78. The van der Waals surface area contributed by atoms with Crippen LogP contribution >= 0.6 is 0 Å². The minimum absolute atomic E-state index is 0.199. The lowest BCUT2D eigenvalue weighted by atomic mass is 10.1. The van der Waals surface area contributed by atoms with Crippen LogP contribution in [-0.4, -0.2) is 43.5 Å². The number of allylic oxidation sites excluding steroid dienone is 1. The Bertz CT molecular complexity index is 614. The number of carbonyl (C=O) groups is 2. The molecule has 116 valence electrons. The lowest BCUT2D eigenvalue weighted by Gasteiger charge is -2.24. The summed E-state index contributed by atoms with van der Waals surface area (Å²) < 4.78 is 5.26. The number of nitrogens with one attached hydrogen (secondary N) is 1. The standard InChI is InChI=1S/C17H20N2O3/c1-5-15(22-4)11(2)14(18-3)10-19-16(20)12-8-6-7-9-13(12)17(19)21/h5-9,14,18H,1,10H2,2-4H3/b15-11-/t14-/m1/s1. The van der Waals surface area contributed by atoms with E-state index in [2.05, 4.69) is 11.9 Å². The average Bonchev–Trinajstić information content (AvgIpc) is 2.78. The van der Waals surface area contributed by atoms with E-state index >= 15 is 0 Å². The van der Waals surface area contributed by atoms with Crippen LogP contribution in [0.4, 0.5) is 0 Å². The lowest BCUT2D eigenvalue weighted by molar-refractivity contribution is 0.0644. The maximum absolute atomic E-state index is 12.4. The summed E-state index contributed by atoms with van der Waals surface area (Å²) in [5, 5.41) is 3.11. The fraction of sp³-hybridized carbons (Fsp3) is 0.294. The first-order valence-electron chi connectivity index (χ1n) is 7.04. The number of carbonyl (C=O) groups excluding carboxylic acids is 2. The Hall–Kier alpha value is -2.40. The molecule has 5 heteroatoms. The maximum atomic E-state index is 12.4. The number of methoxy groups -OCH3 is 1. The van der Waals surface area contributed by atoms with Crippen molar-refractivity contribution >= 4 is 11.8 Å². The van der Waals surface area contributed by atoms with Crippen LogP contribution < -0.4 is 5.32 Å². The minimum Gasteiger partial charge on any atom is -0.497 e. The predicted octanol–water partition coefficient (Wildman–Crippen LogP) is 1.98. The van der Waals surface area contributed by atoms with Gasteiger partial charge >= 0.3 is 0 Å². The van der Waals surface area contributed by atoms with Gasteiger partial charge in [-0.15, -0.1) is 0 Å². The third kappa shape index (κ3) is 2.67. The van der Waals surface area contributed by atoms with Gasteiger partial charge in [-0.3, -0.25) is 14.5 Å². The van der Waals surface area contributed by atoms with Crippen LogP contribution in [0.3, 0.4) is 0 Å². The molecule has 1 aromatic rings. The number of hydrogen-bond donors (Lipinski definition) is 1. The fourth-order valence-electron chi connectivity index (χ4n) is 2.61. The number of hydrogen-bond acceptors (Lipinski definition) is 4. The van der Waals surface area contributed by atoms with Gasteiger partial charge in [-0.2, -0.15) is 0 Å². The largest absolute Gasteiger partial charge is 0.497 e. The Morgan fingerprint density at radius 3 is 2.27 bits per heavy atom. The molecule has 2 amide bonds. The SMILES string of the molecule is C=C/C(OC)=C(\C)[C@@H](CN1C(=O)c2ccccc2C1=O)NC. The van der Waals surface area contributed by atoms with Crippen LogP contribution in [0.1, 0.15) is 27.6 Å². The van der Waals surface area contributed by atoms with Crippen molar-refractivity contribution in [1.82, 2.24) is 10.2 Å². The maximum Gasteiger partial charge on any atom is 0.261 e. The van der Waals surface area contributed by atoms with Gasteiger partial charge in [0.1, 0.15) is 5.76 Å². The summed E-state index contributed by atoms with van der Waals surface area (Å²) >= 11 is 0. The zero-order chi connectivity index (χ0) is 16.3.